The van der Waals surface area contributed by atoms with Crippen molar-refractivity contribution in [3.05, 3.63) is 0 Å². The number of hydrogen-bond donors (Lipinski definition) is 0. The van der Waals surface area contributed by atoms with Gasteiger partial charge in [0.25, 0.3) is 0 Å². The lowest BCUT2D eigenvalue weighted by Gasteiger charge is -2.09. The van der Waals surface area contributed by atoms with E-state index in [2.05, 4.69) is 0 Å². The highest BCUT2D eigenvalue weighted by Crippen LogP contribution is 2.17. The van der Waals surface area contributed by atoms with E-state index in [1.807, 2.05) is 6.92 Å². The maximum Gasteiger partial charge on any atom is 0.311 e. The minimum atomic E-state index is -0.246. The SMILES string of the molecule is CCCCOC(=O)C1CC(=O)N(C)C1. The second-order valence-corrected chi connectivity index (χ2v) is 3.70. The van der Waals surface area contributed by atoms with Gasteiger partial charge in [-0.2, -0.15) is 0 Å². The van der Waals surface area contributed by atoms with E-state index < -0.39 is 0 Å². The van der Waals surface area contributed by atoms with Crippen molar-refractivity contribution in [2.75, 3.05) is 20.2 Å². The summed E-state index contributed by atoms with van der Waals surface area (Å²) in [4.78, 5) is 24.1. The zero-order chi connectivity index (χ0) is 10.6. The van der Waals surface area contributed by atoms with Crippen LogP contribution < -0.4 is 0 Å². The van der Waals surface area contributed by atoms with Gasteiger partial charge in [-0.3, -0.25) is 9.59 Å². The van der Waals surface area contributed by atoms with Gasteiger partial charge in [0.05, 0.1) is 12.5 Å². The van der Waals surface area contributed by atoms with E-state index in [9.17, 15) is 9.59 Å². The number of rotatable bonds is 4. The minimum absolute atomic E-state index is 0.0300. The summed E-state index contributed by atoms with van der Waals surface area (Å²) >= 11 is 0. The molecule has 0 saturated carbocycles. The van der Waals surface area contributed by atoms with E-state index >= 15 is 0 Å². The average molecular weight is 199 g/mol. The van der Waals surface area contributed by atoms with Crippen molar-refractivity contribution in [2.24, 2.45) is 5.92 Å². The van der Waals surface area contributed by atoms with Crippen molar-refractivity contribution in [1.82, 2.24) is 4.90 Å². The van der Waals surface area contributed by atoms with Gasteiger partial charge in [0, 0.05) is 20.0 Å². The van der Waals surface area contributed by atoms with Crippen LogP contribution in [0, 0.1) is 5.92 Å². The number of likely N-dealkylation sites (tertiary alicyclic amines) is 1. The highest BCUT2D eigenvalue weighted by molar-refractivity contribution is 5.86. The van der Waals surface area contributed by atoms with Gasteiger partial charge in [0.2, 0.25) is 5.91 Å². The Balaban J connectivity index is 2.28. The fourth-order valence-electron chi connectivity index (χ4n) is 1.46. The summed E-state index contributed by atoms with van der Waals surface area (Å²) in [6.45, 7) is 3.02. The molecule has 0 aromatic heterocycles. The summed E-state index contributed by atoms with van der Waals surface area (Å²) in [5, 5.41) is 0. The number of carbonyl (C=O) groups excluding carboxylic acids is 2. The van der Waals surface area contributed by atoms with Gasteiger partial charge in [-0.05, 0) is 6.42 Å². The van der Waals surface area contributed by atoms with E-state index in [-0.39, 0.29) is 17.8 Å². The molecule has 1 saturated heterocycles. The average Bonchev–Trinajstić information content (AvgIpc) is 2.47. The number of carbonyl (C=O) groups is 2. The number of amides is 1. The van der Waals surface area contributed by atoms with Gasteiger partial charge in [0.15, 0.2) is 0 Å². The zero-order valence-electron chi connectivity index (χ0n) is 8.78. The number of nitrogens with zero attached hydrogens (tertiary/aromatic N) is 1. The number of hydrogen-bond acceptors (Lipinski definition) is 3. The Hall–Kier alpha value is -1.06. The first-order valence-electron chi connectivity index (χ1n) is 5.05. The maximum absolute atomic E-state index is 11.4. The molecule has 1 aliphatic rings. The van der Waals surface area contributed by atoms with Crippen LogP contribution >= 0.6 is 0 Å². The summed E-state index contributed by atoms with van der Waals surface area (Å²) in [5.74, 6) is -0.442. The molecular formula is C10H17NO3. The molecule has 1 aliphatic heterocycles. The van der Waals surface area contributed by atoms with Crippen molar-refractivity contribution in [3.8, 4) is 0 Å². The van der Waals surface area contributed by atoms with Gasteiger partial charge < -0.3 is 9.64 Å². The maximum atomic E-state index is 11.4. The molecule has 0 spiro atoms. The van der Waals surface area contributed by atoms with Crippen molar-refractivity contribution in [3.63, 3.8) is 0 Å². The minimum Gasteiger partial charge on any atom is -0.465 e. The van der Waals surface area contributed by atoms with Crippen molar-refractivity contribution in [2.45, 2.75) is 26.2 Å². The quantitative estimate of drug-likeness (QED) is 0.497. The van der Waals surface area contributed by atoms with E-state index in [0.29, 0.717) is 19.6 Å². The lowest BCUT2D eigenvalue weighted by Crippen LogP contribution is -2.22. The molecule has 1 fully saturated rings. The van der Waals surface area contributed by atoms with Crippen LogP contribution in [0.5, 0.6) is 0 Å². The van der Waals surface area contributed by atoms with E-state index in [1.165, 1.54) is 0 Å². The number of ether oxygens (including phenoxy) is 1. The monoisotopic (exact) mass is 199 g/mol. The van der Waals surface area contributed by atoms with E-state index in [1.54, 1.807) is 11.9 Å². The fourth-order valence-corrected chi connectivity index (χ4v) is 1.46. The summed E-state index contributed by atoms with van der Waals surface area (Å²) in [6.07, 6.45) is 2.21. The lowest BCUT2D eigenvalue weighted by atomic mass is 10.1. The van der Waals surface area contributed by atoms with Crippen LogP contribution in [-0.4, -0.2) is 37.0 Å². The van der Waals surface area contributed by atoms with Crippen LogP contribution in [0.15, 0.2) is 0 Å². The lowest BCUT2D eigenvalue weighted by molar-refractivity contribution is -0.148. The molecule has 0 bridgehead atoms. The number of unbranched alkanes of at least 4 members (excludes halogenated alkanes) is 1. The van der Waals surface area contributed by atoms with Crippen molar-refractivity contribution in [1.29, 1.82) is 0 Å². The summed E-state index contributed by atoms with van der Waals surface area (Å²) in [6, 6.07) is 0. The second-order valence-electron chi connectivity index (χ2n) is 3.70. The topological polar surface area (TPSA) is 46.6 Å². The van der Waals surface area contributed by atoms with Crippen LogP contribution in [0.25, 0.3) is 0 Å². The molecule has 80 valence electrons. The molecule has 4 nitrogen and oxygen atoms in total. The largest absolute Gasteiger partial charge is 0.465 e. The number of esters is 1. The third-order valence-electron chi connectivity index (χ3n) is 2.42. The summed E-state index contributed by atoms with van der Waals surface area (Å²) < 4.78 is 5.05. The molecule has 1 amide bonds. The molecule has 0 radical (unpaired) electrons. The fraction of sp³-hybridized carbons (Fsp3) is 0.800. The Bertz CT molecular complexity index is 227. The molecule has 4 heteroatoms. The predicted octanol–water partition coefficient (Wildman–Crippen LogP) is 0.808. The zero-order valence-corrected chi connectivity index (χ0v) is 8.78. The highest BCUT2D eigenvalue weighted by Gasteiger charge is 2.32. The van der Waals surface area contributed by atoms with Crippen LogP contribution in [0.3, 0.4) is 0 Å². The second kappa shape index (κ2) is 4.98. The molecule has 1 unspecified atom stereocenters. The van der Waals surface area contributed by atoms with Crippen LogP contribution in [0.4, 0.5) is 0 Å². The van der Waals surface area contributed by atoms with Gasteiger partial charge >= 0.3 is 5.97 Å². The van der Waals surface area contributed by atoms with Gasteiger partial charge in [-0.1, -0.05) is 13.3 Å². The Labute approximate surface area is 84.2 Å². The molecular weight excluding hydrogens is 182 g/mol. The van der Waals surface area contributed by atoms with Gasteiger partial charge in [-0.15, -0.1) is 0 Å². The molecule has 0 aliphatic carbocycles. The van der Waals surface area contributed by atoms with E-state index in [0.717, 1.165) is 12.8 Å². The van der Waals surface area contributed by atoms with Gasteiger partial charge in [0.1, 0.15) is 0 Å². The smallest absolute Gasteiger partial charge is 0.311 e. The molecule has 14 heavy (non-hydrogen) atoms. The molecule has 0 N–H and O–H groups in total. The Morgan fingerprint density at radius 3 is 2.86 bits per heavy atom. The van der Waals surface area contributed by atoms with Gasteiger partial charge in [-0.25, -0.2) is 0 Å². The summed E-state index contributed by atoms with van der Waals surface area (Å²) in [7, 11) is 1.71. The molecule has 0 aromatic carbocycles. The Morgan fingerprint density at radius 1 is 1.64 bits per heavy atom. The first-order valence-corrected chi connectivity index (χ1v) is 5.05. The third kappa shape index (κ3) is 2.72. The van der Waals surface area contributed by atoms with E-state index in [4.69, 9.17) is 4.74 Å². The first-order chi connectivity index (χ1) is 6.65. The standard InChI is InChI=1S/C10H17NO3/c1-3-4-5-14-10(13)8-6-9(12)11(2)7-8/h8H,3-7H2,1-2H3. The Morgan fingerprint density at radius 2 is 2.36 bits per heavy atom. The van der Waals surface area contributed by atoms with Crippen LogP contribution in [0.1, 0.15) is 26.2 Å². The first kappa shape index (κ1) is 11.0. The molecule has 0 aromatic rings. The predicted molar refractivity (Wildman–Crippen MR) is 51.6 cm³/mol. The highest BCUT2D eigenvalue weighted by atomic mass is 16.5. The third-order valence-corrected chi connectivity index (χ3v) is 2.42. The molecule has 1 rings (SSSR count). The van der Waals surface area contributed by atoms with Crippen molar-refractivity contribution < 1.29 is 14.3 Å². The van der Waals surface area contributed by atoms with Crippen LogP contribution in [-0.2, 0) is 14.3 Å². The van der Waals surface area contributed by atoms with Crippen LogP contribution in [0.2, 0.25) is 0 Å². The molecule has 1 atom stereocenters. The van der Waals surface area contributed by atoms with Crippen molar-refractivity contribution >= 4 is 11.9 Å². The molecule has 1 heterocycles. The Kier molecular flexibility index (Phi) is 3.92. The summed E-state index contributed by atoms with van der Waals surface area (Å²) in [5.41, 5.74) is 0. The normalized spacial score (nSPS) is 21.4.